The van der Waals surface area contributed by atoms with Crippen LogP contribution >= 0.6 is 11.8 Å². The molecular weight excluding hydrogens is 206 g/mol. The number of hydrogen-bond donors (Lipinski definition) is 1. The topological polar surface area (TPSA) is 35.2 Å². The summed E-state index contributed by atoms with van der Waals surface area (Å²) in [5.74, 6) is 1.46. The Morgan fingerprint density at radius 2 is 2.20 bits per heavy atom. The van der Waals surface area contributed by atoms with Gasteiger partial charge in [-0.1, -0.05) is 13.0 Å². The maximum absolute atomic E-state index is 5.56. The normalized spacial score (nSPS) is 12.5. The zero-order chi connectivity index (χ0) is 11.3. The monoisotopic (exact) mass is 225 g/mol. The van der Waals surface area contributed by atoms with E-state index in [4.69, 9.17) is 10.5 Å². The number of methoxy groups -OCH3 is 1. The highest BCUT2D eigenvalue weighted by atomic mass is 32.2. The fourth-order valence-corrected chi connectivity index (χ4v) is 2.12. The summed E-state index contributed by atoms with van der Waals surface area (Å²) < 4.78 is 5.35. The van der Waals surface area contributed by atoms with Crippen LogP contribution in [0.2, 0.25) is 0 Å². The van der Waals surface area contributed by atoms with Gasteiger partial charge < -0.3 is 10.5 Å². The standard InChI is InChI=1S/C12H19NOS/c1-9(6-7-13)10-4-5-12(15-3)11(8-10)14-2/h4-5,8-9H,6-7,13H2,1-3H3. The second-order valence-electron chi connectivity index (χ2n) is 3.59. The third kappa shape index (κ3) is 3.14. The first-order chi connectivity index (χ1) is 7.22. The molecule has 1 aromatic carbocycles. The summed E-state index contributed by atoms with van der Waals surface area (Å²) in [6, 6.07) is 6.40. The summed E-state index contributed by atoms with van der Waals surface area (Å²) in [6.07, 6.45) is 3.07. The average Bonchev–Trinajstić information content (AvgIpc) is 2.28. The Morgan fingerprint density at radius 3 is 2.73 bits per heavy atom. The third-order valence-electron chi connectivity index (χ3n) is 2.58. The molecular formula is C12H19NOS. The molecule has 2 nitrogen and oxygen atoms in total. The Labute approximate surface area is 96.2 Å². The van der Waals surface area contributed by atoms with E-state index in [1.165, 1.54) is 10.5 Å². The lowest BCUT2D eigenvalue weighted by Gasteiger charge is -2.13. The van der Waals surface area contributed by atoms with E-state index in [2.05, 4.69) is 31.4 Å². The lowest BCUT2D eigenvalue weighted by molar-refractivity contribution is 0.404. The first-order valence-corrected chi connectivity index (χ1v) is 6.37. The van der Waals surface area contributed by atoms with Crippen LogP contribution in [0.1, 0.15) is 24.8 Å². The summed E-state index contributed by atoms with van der Waals surface area (Å²) >= 11 is 1.70. The molecule has 0 aromatic heterocycles. The lowest BCUT2D eigenvalue weighted by atomic mass is 9.98. The molecule has 0 spiro atoms. The maximum Gasteiger partial charge on any atom is 0.132 e. The highest BCUT2D eigenvalue weighted by molar-refractivity contribution is 7.98. The van der Waals surface area contributed by atoms with Crippen LogP contribution in [0, 0.1) is 0 Å². The molecule has 0 aliphatic rings. The van der Waals surface area contributed by atoms with Gasteiger partial charge in [0.2, 0.25) is 0 Å². The first-order valence-electron chi connectivity index (χ1n) is 5.15. The number of benzene rings is 1. The van der Waals surface area contributed by atoms with Gasteiger partial charge in [0.1, 0.15) is 5.75 Å². The van der Waals surface area contributed by atoms with E-state index in [-0.39, 0.29) is 0 Å². The van der Waals surface area contributed by atoms with Gasteiger partial charge in [0, 0.05) is 4.90 Å². The predicted octanol–water partition coefficient (Wildman–Crippen LogP) is 2.87. The third-order valence-corrected chi connectivity index (χ3v) is 3.35. The summed E-state index contributed by atoms with van der Waals surface area (Å²) in [7, 11) is 1.71. The van der Waals surface area contributed by atoms with Crippen LogP contribution in [0.15, 0.2) is 23.1 Å². The largest absolute Gasteiger partial charge is 0.496 e. The Balaban J connectivity index is 2.92. The highest BCUT2D eigenvalue weighted by Crippen LogP contribution is 2.31. The van der Waals surface area contributed by atoms with Crippen LogP contribution in [0.3, 0.4) is 0 Å². The second-order valence-corrected chi connectivity index (χ2v) is 4.44. The molecule has 15 heavy (non-hydrogen) atoms. The number of ether oxygens (including phenoxy) is 1. The van der Waals surface area contributed by atoms with Gasteiger partial charge in [-0.3, -0.25) is 0 Å². The average molecular weight is 225 g/mol. The Kier molecular flexibility index (Phi) is 4.99. The Morgan fingerprint density at radius 1 is 1.47 bits per heavy atom. The van der Waals surface area contributed by atoms with Crippen molar-refractivity contribution in [3.8, 4) is 5.75 Å². The fourth-order valence-electron chi connectivity index (χ4n) is 1.58. The van der Waals surface area contributed by atoms with Crippen LogP contribution in [-0.4, -0.2) is 19.9 Å². The second kappa shape index (κ2) is 6.03. The zero-order valence-electron chi connectivity index (χ0n) is 9.62. The number of rotatable bonds is 5. The predicted molar refractivity (Wildman–Crippen MR) is 66.9 cm³/mol. The van der Waals surface area contributed by atoms with Gasteiger partial charge in [-0.15, -0.1) is 11.8 Å². The Hall–Kier alpha value is -0.670. The quantitative estimate of drug-likeness (QED) is 0.783. The Bertz CT molecular complexity index is 314. The van der Waals surface area contributed by atoms with E-state index >= 15 is 0 Å². The van der Waals surface area contributed by atoms with Crippen molar-refractivity contribution in [1.29, 1.82) is 0 Å². The van der Waals surface area contributed by atoms with Gasteiger partial charge in [0.25, 0.3) is 0 Å². The van der Waals surface area contributed by atoms with Crippen molar-refractivity contribution in [2.24, 2.45) is 5.73 Å². The molecule has 0 saturated heterocycles. The molecule has 0 aliphatic heterocycles. The van der Waals surface area contributed by atoms with Crippen LogP contribution in [0.25, 0.3) is 0 Å². The molecule has 0 amide bonds. The lowest BCUT2D eigenvalue weighted by Crippen LogP contribution is -2.04. The van der Waals surface area contributed by atoms with E-state index in [9.17, 15) is 0 Å². The summed E-state index contributed by atoms with van der Waals surface area (Å²) in [6.45, 7) is 2.92. The number of thioether (sulfide) groups is 1. The molecule has 0 bridgehead atoms. The molecule has 0 fully saturated rings. The molecule has 1 rings (SSSR count). The number of hydrogen-bond acceptors (Lipinski definition) is 3. The summed E-state index contributed by atoms with van der Waals surface area (Å²) in [5.41, 5.74) is 6.86. The first kappa shape index (κ1) is 12.4. The molecule has 3 heteroatoms. The van der Waals surface area contributed by atoms with Crippen LogP contribution in [0.5, 0.6) is 5.75 Å². The zero-order valence-corrected chi connectivity index (χ0v) is 10.4. The van der Waals surface area contributed by atoms with Gasteiger partial charge in [0.15, 0.2) is 0 Å². The van der Waals surface area contributed by atoms with E-state index in [1.54, 1.807) is 18.9 Å². The molecule has 2 N–H and O–H groups in total. The fraction of sp³-hybridized carbons (Fsp3) is 0.500. The molecule has 0 radical (unpaired) electrons. The smallest absolute Gasteiger partial charge is 0.132 e. The van der Waals surface area contributed by atoms with Gasteiger partial charge in [-0.05, 0) is 42.8 Å². The van der Waals surface area contributed by atoms with Gasteiger partial charge in [-0.2, -0.15) is 0 Å². The highest BCUT2D eigenvalue weighted by Gasteiger charge is 2.08. The summed E-state index contributed by atoms with van der Waals surface area (Å²) in [5, 5.41) is 0. The van der Waals surface area contributed by atoms with Crippen LogP contribution < -0.4 is 10.5 Å². The molecule has 1 aromatic rings. The van der Waals surface area contributed by atoms with E-state index in [1.807, 2.05) is 0 Å². The summed E-state index contributed by atoms with van der Waals surface area (Å²) in [4.78, 5) is 1.18. The van der Waals surface area contributed by atoms with Crippen molar-refractivity contribution in [3.63, 3.8) is 0 Å². The van der Waals surface area contributed by atoms with E-state index in [0.717, 1.165) is 18.7 Å². The minimum atomic E-state index is 0.500. The van der Waals surface area contributed by atoms with Gasteiger partial charge in [0.05, 0.1) is 7.11 Å². The molecule has 84 valence electrons. The molecule has 0 saturated carbocycles. The SMILES string of the molecule is COc1cc(C(C)CCN)ccc1SC. The van der Waals surface area contributed by atoms with E-state index in [0.29, 0.717) is 5.92 Å². The molecule has 1 unspecified atom stereocenters. The van der Waals surface area contributed by atoms with Crippen molar-refractivity contribution in [3.05, 3.63) is 23.8 Å². The molecule has 0 aliphatic carbocycles. The van der Waals surface area contributed by atoms with Gasteiger partial charge >= 0.3 is 0 Å². The maximum atomic E-state index is 5.56. The van der Waals surface area contributed by atoms with Gasteiger partial charge in [-0.25, -0.2) is 0 Å². The molecule has 0 heterocycles. The van der Waals surface area contributed by atoms with E-state index < -0.39 is 0 Å². The van der Waals surface area contributed by atoms with Crippen molar-refractivity contribution < 1.29 is 4.74 Å². The molecule has 1 atom stereocenters. The number of nitrogens with two attached hydrogens (primary N) is 1. The van der Waals surface area contributed by atoms with Crippen molar-refractivity contribution >= 4 is 11.8 Å². The minimum Gasteiger partial charge on any atom is -0.496 e. The van der Waals surface area contributed by atoms with Crippen LogP contribution in [0.4, 0.5) is 0 Å². The van der Waals surface area contributed by atoms with Crippen molar-refractivity contribution in [2.75, 3.05) is 19.9 Å². The van der Waals surface area contributed by atoms with Crippen LogP contribution in [-0.2, 0) is 0 Å². The van der Waals surface area contributed by atoms with Crippen molar-refractivity contribution in [2.45, 2.75) is 24.2 Å². The van der Waals surface area contributed by atoms with Crippen molar-refractivity contribution in [1.82, 2.24) is 0 Å². The minimum absolute atomic E-state index is 0.500.